The number of aliphatic hydroxyl groups excluding tert-OH is 2. The molecule has 0 aliphatic heterocycles. The second-order valence-corrected chi connectivity index (χ2v) is 14.5. The van der Waals surface area contributed by atoms with E-state index in [9.17, 15) is 29.7 Å². The van der Waals surface area contributed by atoms with E-state index in [0.717, 1.165) is 83.0 Å². The van der Waals surface area contributed by atoms with Gasteiger partial charge in [0.1, 0.15) is 17.4 Å². The lowest BCUT2D eigenvalue weighted by atomic mass is 9.90. The molecular formula is C42H48N4O6. The summed E-state index contributed by atoms with van der Waals surface area (Å²) in [6.45, 7) is 5.90. The Morgan fingerprint density at radius 2 is 1.42 bits per heavy atom. The van der Waals surface area contributed by atoms with Crippen molar-refractivity contribution in [1.29, 1.82) is 0 Å². The number of anilines is 1. The van der Waals surface area contributed by atoms with Crippen LogP contribution in [0.3, 0.4) is 0 Å². The molecule has 2 saturated carbocycles. The lowest BCUT2D eigenvalue weighted by Crippen LogP contribution is -2.39. The van der Waals surface area contributed by atoms with Crippen molar-refractivity contribution in [3.8, 4) is 11.1 Å². The number of carbonyl (C=O) groups is 3. The smallest absolute Gasteiger partial charge is 0.323 e. The van der Waals surface area contributed by atoms with Crippen LogP contribution in [0.4, 0.5) is 5.69 Å². The van der Waals surface area contributed by atoms with E-state index in [1.807, 2.05) is 75.5 Å². The molecule has 1 amide bonds. The lowest BCUT2D eigenvalue weighted by molar-refractivity contribution is -0.140. The highest BCUT2D eigenvalue weighted by Crippen LogP contribution is 2.43. The van der Waals surface area contributed by atoms with E-state index < -0.39 is 18.6 Å². The number of aliphatic carboxylic acids is 1. The quantitative estimate of drug-likeness (QED) is 0.0796. The summed E-state index contributed by atoms with van der Waals surface area (Å²) in [7, 11) is 0. The van der Waals surface area contributed by atoms with Gasteiger partial charge in [-0.2, -0.15) is 0 Å². The summed E-state index contributed by atoms with van der Waals surface area (Å²) in [4.78, 5) is 47.5. The summed E-state index contributed by atoms with van der Waals surface area (Å²) in [5.74, 6) is -0.499. The molecule has 6 rings (SSSR count). The van der Waals surface area contributed by atoms with Gasteiger partial charge in [-0.15, -0.1) is 0 Å². The second-order valence-electron chi connectivity index (χ2n) is 14.5. The van der Waals surface area contributed by atoms with Gasteiger partial charge in [-0.25, -0.2) is 0 Å². The van der Waals surface area contributed by atoms with Crippen LogP contribution in [0.5, 0.6) is 0 Å². The van der Waals surface area contributed by atoms with Gasteiger partial charge in [0.05, 0.1) is 6.61 Å². The molecule has 2 heterocycles. The number of amides is 1. The second kappa shape index (κ2) is 16.3. The number of carboxylic acids is 1. The van der Waals surface area contributed by atoms with Crippen LogP contribution in [0.1, 0.15) is 111 Å². The number of rotatable bonds is 17. The molecule has 272 valence electrons. The molecule has 5 N–H and O–H groups in total. The van der Waals surface area contributed by atoms with Crippen molar-refractivity contribution in [2.45, 2.75) is 90.1 Å². The van der Waals surface area contributed by atoms with E-state index in [1.54, 1.807) is 6.20 Å². The van der Waals surface area contributed by atoms with Crippen molar-refractivity contribution in [3.05, 3.63) is 111 Å². The van der Waals surface area contributed by atoms with Crippen LogP contribution in [-0.2, 0) is 24.2 Å². The number of nitrogens with one attached hydrogen (secondary N) is 2. The molecular weight excluding hydrogens is 656 g/mol. The first kappa shape index (κ1) is 37.0. The van der Waals surface area contributed by atoms with Crippen molar-refractivity contribution in [1.82, 2.24) is 15.3 Å². The molecule has 0 saturated heterocycles. The number of aromatic nitrogens is 2. The molecule has 2 atom stereocenters. The number of hydrogen-bond donors (Lipinski definition) is 5. The van der Waals surface area contributed by atoms with E-state index in [0.29, 0.717) is 28.9 Å². The van der Waals surface area contributed by atoms with Crippen LogP contribution >= 0.6 is 0 Å². The Morgan fingerprint density at radius 3 is 2.08 bits per heavy atom. The Kier molecular flexibility index (Phi) is 11.6. The third-order valence-electron chi connectivity index (χ3n) is 10.5. The normalized spacial score (nSPS) is 15.2. The standard InChI is InChI=1S/C42H48N4O6/c1-24(22-47)10-11-30-19-44-38(18-34(30)27-12-13-27)41(50)46-36-9-5-8-33(26(36)3)32-7-4-6-29(25(32)2)16-40(49)37-17-35(28-14-15-28)31(20-43-37)21-45-39(23-48)42(51)52/h4-9,17-20,24,27-28,39,45,47-48H,10-16,21-23H2,1-3H3,(H,46,50)(H,51,52)/t24-,39+/m0/s1. The first-order valence-corrected chi connectivity index (χ1v) is 18.3. The zero-order chi connectivity index (χ0) is 36.9. The number of Topliss-reactive ketones (excluding diaryl/α,β-unsaturated/α-hetero) is 1. The maximum absolute atomic E-state index is 13.6. The van der Waals surface area contributed by atoms with E-state index in [1.165, 1.54) is 5.56 Å². The van der Waals surface area contributed by atoms with Gasteiger partial charge in [0.15, 0.2) is 5.78 Å². The summed E-state index contributed by atoms with van der Waals surface area (Å²) < 4.78 is 0. The molecule has 2 aliphatic carbocycles. The van der Waals surface area contributed by atoms with E-state index in [4.69, 9.17) is 0 Å². The topological polar surface area (TPSA) is 162 Å². The van der Waals surface area contributed by atoms with Crippen molar-refractivity contribution in [3.63, 3.8) is 0 Å². The molecule has 10 heteroatoms. The summed E-state index contributed by atoms with van der Waals surface area (Å²) >= 11 is 0. The zero-order valence-electron chi connectivity index (χ0n) is 30.1. The summed E-state index contributed by atoms with van der Waals surface area (Å²) in [5, 5.41) is 34.1. The van der Waals surface area contributed by atoms with Crippen molar-refractivity contribution >= 4 is 23.3 Å². The fourth-order valence-corrected chi connectivity index (χ4v) is 6.82. The Labute approximate surface area is 304 Å². The summed E-state index contributed by atoms with van der Waals surface area (Å²) in [5.41, 5.74) is 10.3. The first-order valence-electron chi connectivity index (χ1n) is 18.3. The maximum atomic E-state index is 13.6. The molecule has 2 aromatic carbocycles. The Hall–Kier alpha value is -4.77. The highest BCUT2D eigenvalue weighted by atomic mass is 16.4. The number of ketones is 1. The molecule has 2 aliphatic rings. The van der Waals surface area contributed by atoms with Gasteiger partial charge < -0.3 is 20.6 Å². The minimum atomic E-state index is -1.12. The first-order chi connectivity index (χ1) is 25.1. The van der Waals surface area contributed by atoms with Crippen LogP contribution in [-0.4, -0.2) is 62.2 Å². The lowest BCUT2D eigenvalue weighted by Gasteiger charge is -2.17. The number of benzene rings is 2. The SMILES string of the molecule is Cc1c(CC(=O)c2cc(C3CC3)c(CN[C@H](CO)C(=O)O)cn2)cccc1-c1cccc(NC(=O)c2cc(C3CC3)c(CC[C@H](C)CO)cn2)c1C. The van der Waals surface area contributed by atoms with Gasteiger partial charge in [0, 0.05) is 37.7 Å². The molecule has 0 spiro atoms. The largest absolute Gasteiger partial charge is 0.480 e. The number of carboxylic acid groups (broad SMARTS) is 1. The molecule has 2 fully saturated rings. The third kappa shape index (κ3) is 8.63. The van der Waals surface area contributed by atoms with Crippen LogP contribution in [0.2, 0.25) is 0 Å². The predicted octanol–water partition coefficient (Wildman–Crippen LogP) is 6.29. The summed E-state index contributed by atoms with van der Waals surface area (Å²) in [6.07, 6.45) is 9.58. The van der Waals surface area contributed by atoms with E-state index in [-0.39, 0.29) is 37.2 Å². The molecule has 2 aromatic heterocycles. The number of aryl methyl sites for hydroxylation is 1. The van der Waals surface area contributed by atoms with Crippen LogP contribution < -0.4 is 10.6 Å². The van der Waals surface area contributed by atoms with E-state index in [2.05, 4.69) is 20.6 Å². The molecule has 0 radical (unpaired) electrons. The average Bonchev–Trinajstić information content (AvgIpc) is 4.07. The van der Waals surface area contributed by atoms with Crippen molar-refractivity contribution < 1.29 is 29.7 Å². The third-order valence-corrected chi connectivity index (χ3v) is 10.5. The van der Waals surface area contributed by atoms with Crippen LogP contribution in [0.25, 0.3) is 11.1 Å². The zero-order valence-corrected chi connectivity index (χ0v) is 30.1. The Bertz CT molecular complexity index is 1970. The Morgan fingerprint density at radius 1 is 0.808 bits per heavy atom. The molecule has 0 unspecified atom stereocenters. The van der Waals surface area contributed by atoms with Gasteiger partial charge in [0.25, 0.3) is 5.91 Å². The number of carbonyl (C=O) groups excluding carboxylic acids is 2. The predicted molar refractivity (Wildman–Crippen MR) is 200 cm³/mol. The van der Waals surface area contributed by atoms with Gasteiger partial charge >= 0.3 is 5.97 Å². The highest BCUT2D eigenvalue weighted by Gasteiger charge is 2.29. The maximum Gasteiger partial charge on any atom is 0.323 e. The molecule has 4 aromatic rings. The Balaban J connectivity index is 1.18. The van der Waals surface area contributed by atoms with Gasteiger partial charge in [-0.3, -0.25) is 29.7 Å². The van der Waals surface area contributed by atoms with Crippen LogP contribution in [0.15, 0.2) is 60.9 Å². The number of pyridine rings is 2. The molecule has 10 nitrogen and oxygen atoms in total. The number of nitrogens with zero attached hydrogens (tertiary/aromatic N) is 2. The van der Waals surface area contributed by atoms with Gasteiger partial charge in [0.2, 0.25) is 0 Å². The van der Waals surface area contributed by atoms with E-state index >= 15 is 0 Å². The van der Waals surface area contributed by atoms with Crippen molar-refractivity contribution in [2.75, 3.05) is 18.5 Å². The van der Waals surface area contributed by atoms with Crippen LogP contribution in [0, 0.1) is 19.8 Å². The fraction of sp³-hybridized carbons (Fsp3) is 0.405. The number of hydrogen-bond acceptors (Lipinski definition) is 8. The fourth-order valence-electron chi connectivity index (χ4n) is 6.82. The minimum absolute atomic E-state index is 0.106. The average molecular weight is 705 g/mol. The molecule has 52 heavy (non-hydrogen) atoms. The number of aliphatic hydroxyl groups is 2. The van der Waals surface area contributed by atoms with Crippen molar-refractivity contribution in [2.24, 2.45) is 5.92 Å². The minimum Gasteiger partial charge on any atom is -0.480 e. The summed E-state index contributed by atoms with van der Waals surface area (Å²) in [6, 6.07) is 14.5. The monoisotopic (exact) mass is 704 g/mol. The van der Waals surface area contributed by atoms with Gasteiger partial charge in [-0.1, -0.05) is 37.3 Å². The molecule has 0 bridgehead atoms. The van der Waals surface area contributed by atoms with Gasteiger partial charge in [-0.05, 0) is 138 Å². The highest BCUT2D eigenvalue weighted by molar-refractivity contribution is 6.04.